The summed E-state index contributed by atoms with van der Waals surface area (Å²) in [5.74, 6) is 0. The van der Waals surface area contributed by atoms with Crippen molar-refractivity contribution in [3.8, 4) is 0 Å². The molecule has 4 aromatic rings. The maximum atomic E-state index is 14.4. The summed E-state index contributed by atoms with van der Waals surface area (Å²) in [6.45, 7) is 20.1. The minimum absolute atomic E-state index is 0.0995. The third kappa shape index (κ3) is 12.2. The molecule has 0 aromatic heterocycles. The summed E-state index contributed by atoms with van der Waals surface area (Å²) in [6.07, 6.45) is 2.92. The number of carbonyl (C=O) groups excluding carboxylic acids is 1. The molecule has 1 saturated heterocycles. The van der Waals surface area contributed by atoms with Gasteiger partial charge in [0.25, 0.3) is 0 Å². The zero-order valence-electron chi connectivity index (χ0n) is 32.7. The average Bonchev–Trinajstić information content (AvgIpc) is 3.63. The third-order valence-electron chi connectivity index (χ3n) is 10.8. The van der Waals surface area contributed by atoms with Gasteiger partial charge in [-0.3, -0.25) is 0 Å². The molecule has 0 spiro atoms. The number of likely N-dealkylation sites (N-methyl/N-ethyl adjacent to an activating group) is 2. The van der Waals surface area contributed by atoms with Crippen molar-refractivity contribution in [3.63, 3.8) is 0 Å². The molecule has 1 heterocycles. The van der Waals surface area contributed by atoms with E-state index >= 15 is 0 Å². The van der Waals surface area contributed by atoms with Crippen molar-refractivity contribution in [2.24, 2.45) is 0 Å². The van der Waals surface area contributed by atoms with Crippen LogP contribution in [0.25, 0.3) is 0 Å². The Bertz CT molecular complexity index is 1480. The van der Waals surface area contributed by atoms with E-state index < -0.39 is 15.8 Å². The molecule has 2 atom stereocenters. The predicted molar refractivity (Wildman–Crippen MR) is 232 cm³/mol. The van der Waals surface area contributed by atoms with Crippen LogP contribution in [0.15, 0.2) is 121 Å². The average molecular weight is 752 g/mol. The molecule has 0 saturated carbocycles. The van der Waals surface area contributed by atoms with E-state index in [2.05, 4.69) is 174 Å². The van der Waals surface area contributed by atoms with Gasteiger partial charge >= 0.3 is 6.03 Å². The van der Waals surface area contributed by atoms with Crippen LogP contribution in [0.3, 0.4) is 0 Å². The molecular weight excluding hydrogens is 688 g/mol. The van der Waals surface area contributed by atoms with E-state index in [1.165, 1.54) is 21.2 Å². The second-order valence-corrected chi connectivity index (χ2v) is 18.8. The SMILES string of the molecule is CCN(CC)CCN(CCCNC(=O)N1C[C@@H](P(c2ccccc2)c2ccccc2)C[C@H]1CP(c1ccccc1)c1ccccc1)CCN(CC)CC. The molecule has 0 radical (unpaired) electrons. The predicted octanol–water partition coefficient (Wildman–Crippen LogP) is 6.78. The number of rotatable bonds is 21. The molecule has 6 nitrogen and oxygen atoms in total. The monoisotopic (exact) mass is 751 g/mol. The second-order valence-electron chi connectivity index (χ2n) is 14.0. The van der Waals surface area contributed by atoms with Gasteiger partial charge in [0.15, 0.2) is 0 Å². The molecule has 1 aliphatic heterocycles. The summed E-state index contributed by atoms with van der Waals surface area (Å²) < 4.78 is 0. The van der Waals surface area contributed by atoms with E-state index in [1.807, 2.05) is 0 Å². The molecule has 0 aliphatic carbocycles. The Morgan fingerprint density at radius 1 is 0.604 bits per heavy atom. The molecular formula is C45H63N5OP2. The number of nitrogens with one attached hydrogen (secondary N) is 1. The van der Waals surface area contributed by atoms with Gasteiger partial charge in [-0.2, -0.15) is 0 Å². The Labute approximate surface area is 323 Å². The first-order valence-corrected chi connectivity index (χ1v) is 23.0. The number of hydrogen-bond donors (Lipinski definition) is 1. The van der Waals surface area contributed by atoms with Crippen LogP contribution in [0.4, 0.5) is 4.79 Å². The number of urea groups is 1. The van der Waals surface area contributed by atoms with Crippen LogP contribution in [0.5, 0.6) is 0 Å². The smallest absolute Gasteiger partial charge is 0.317 e. The van der Waals surface area contributed by atoms with Gasteiger partial charge in [-0.05, 0) is 88.8 Å². The van der Waals surface area contributed by atoms with Gasteiger partial charge in [0.1, 0.15) is 0 Å². The van der Waals surface area contributed by atoms with Crippen LogP contribution in [-0.4, -0.2) is 115 Å². The molecule has 2 amide bonds. The summed E-state index contributed by atoms with van der Waals surface area (Å²) >= 11 is 0. The molecule has 1 aliphatic rings. The van der Waals surface area contributed by atoms with Gasteiger partial charge in [-0.1, -0.05) is 149 Å². The van der Waals surface area contributed by atoms with E-state index in [-0.39, 0.29) is 12.1 Å². The summed E-state index contributed by atoms with van der Waals surface area (Å²) in [6, 6.07) is 44.3. The topological polar surface area (TPSA) is 42.1 Å². The number of amides is 2. The zero-order valence-corrected chi connectivity index (χ0v) is 34.5. The molecule has 0 bridgehead atoms. The van der Waals surface area contributed by atoms with Crippen molar-refractivity contribution < 1.29 is 4.79 Å². The molecule has 1 fully saturated rings. The zero-order chi connectivity index (χ0) is 37.3. The highest BCUT2D eigenvalue weighted by atomic mass is 31.1. The number of carbonyl (C=O) groups is 1. The fourth-order valence-corrected chi connectivity index (χ4v) is 13.1. The van der Waals surface area contributed by atoms with Crippen LogP contribution < -0.4 is 26.5 Å². The highest BCUT2D eigenvalue weighted by molar-refractivity contribution is 7.74. The third-order valence-corrected chi connectivity index (χ3v) is 16.2. The van der Waals surface area contributed by atoms with E-state index in [0.717, 1.165) is 84.5 Å². The number of likely N-dealkylation sites (tertiary alicyclic amines) is 1. The lowest BCUT2D eigenvalue weighted by Gasteiger charge is -2.30. The summed E-state index contributed by atoms with van der Waals surface area (Å²) in [7, 11) is -1.28. The molecule has 0 unspecified atom stereocenters. The largest absolute Gasteiger partial charge is 0.338 e. The summed E-state index contributed by atoms with van der Waals surface area (Å²) in [5.41, 5.74) is 0.379. The van der Waals surface area contributed by atoms with Crippen molar-refractivity contribution in [1.29, 1.82) is 0 Å². The highest BCUT2D eigenvalue weighted by Gasteiger charge is 2.41. The molecule has 4 aromatic carbocycles. The fraction of sp³-hybridized carbons (Fsp3) is 0.444. The van der Waals surface area contributed by atoms with Crippen LogP contribution >= 0.6 is 15.8 Å². The van der Waals surface area contributed by atoms with Crippen LogP contribution in [-0.2, 0) is 0 Å². The normalized spacial score (nSPS) is 16.1. The first kappa shape index (κ1) is 41.1. The summed E-state index contributed by atoms with van der Waals surface area (Å²) in [4.78, 5) is 24.2. The first-order valence-electron chi connectivity index (χ1n) is 20.0. The van der Waals surface area contributed by atoms with Gasteiger partial charge in [-0.15, -0.1) is 0 Å². The Morgan fingerprint density at radius 3 is 1.45 bits per heavy atom. The Hall–Kier alpha value is -3.11. The van der Waals surface area contributed by atoms with E-state index in [1.54, 1.807) is 0 Å². The maximum Gasteiger partial charge on any atom is 0.317 e. The lowest BCUT2D eigenvalue weighted by Crippen LogP contribution is -2.46. The second kappa shape index (κ2) is 22.3. The van der Waals surface area contributed by atoms with Gasteiger partial charge in [0, 0.05) is 51.0 Å². The number of hydrogen-bond acceptors (Lipinski definition) is 4. The van der Waals surface area contributed by atoms with Crippen LogP contribution in [0.1, 0.15) is 40.5 Å². The van der Waals surface area contributed by atoms with Crippen molar-refractivity contribution in [3.05, 3.63) is 121 Å². The van der Waals surface area contributed by atoms with Crippen molar-refractivity contribution in [2.75, 3.05) is 78.2 Å². The van der Waals surface area contributed by atoms with Crippen LogP contribution in [0.2, 0.25) is 0 Å². The number of nitrogens with zero attached hydrogens (tertiary/aromatic N) is 4. The number of benzene rings is 4. The minimum Gasteiger partial charge on any atom is -0.338 e. The Morgan fingerprint density at radius 2 is 1.02 bits per heavy atom. The molecule has 8 heteroatoms. The highest BCUT2D eigenvalue weighted by Crippen LogP contribution is 2.48. The van der Waals surface area contributed by atoms with Gasteiger partial charge in [-0.25, -0.2) is 4.79 Å². The Balaban J connectivity index is 1.34. The maximum absolute atomic E-state index is 14.4. The molecule has 284 valence electrons. The summed E-state index contributed by atoms with van der Waals surface area (Å²) in [5, 5.41) is 8.96. The first-order chi connectivity index (χ1) is 26.0. The molecule has 53 heavy (non-hydrogen) atoms. The van der Waals surface area contributed by atoms with Crippen molar-refractivity contribution in [2.45, 2.75) is 52.2 Å². The lowest BCUT2D eigenvalue weighted by atomic mass is 10.2. The van der Waals surface area contributed by atoms with Crippen molar-refractivity contribution >= 4 is 43.1 Å². The standard InChI is InChI=1S/C45H63N5OP2/c1-5-47(6-2)32-34-49(35-33-48(7-3)8-4)31-21-30-46-45(51)50-37-44(53(42-26-17-11-18-27-42)43-28-19-12-20-29-43)36-39(50)38-52(40-22-13-9-14-23-40)41-24-15-10-16-25-41/h9-20,22-29,39,44H,5-8,21,30-38H2,1-4H3,(H,46,51)/t39-,44-/m0/s1. The lowest BCUT2D eigenvalue weighted by molar-refractivity contribution is 0.181. The van der Waals surface area contributed by atoms with E-state index in [4.69, 9.17) is 0 Å². The van der Waals surface area contributed by atoms with Crippen LogP contribution in [0, 0.1) is 0 Å². The van der Waals surface area contributed by atoms with Gasteiger partial charge in [0.2, 0.25) is 0 Å². The quantitative estimate of drug-likeness (QED) is 0.0754. The fourth-order valence-electron chi connectivity index (χ4n) is 7.62. The van der Waals surface area contributed by atoms with E-state index in [0.29, 0.717) is 12.2 Å². The minimum atomic E-state index is -0.643. The molecule has 1 N–H and O–H groups in total. The van der Waals surface area contributed by atoms with Gasteiger partial charge < -0.3 is 24.9 Å². The van der Waals surface area contributed by atoms with Crippen molar-refractivity contribution in [1.82, 2.24) is 24.9 Å². The molecule has 5 rings (SSSR count). The van der Waals surface area contributed by atoms with Gasteiger partial charge in [0.05, 0.1) is 0 Å². The Kier molecular flexibility index (Phi) is 17.3. The van der Waals surface area contributed by atoms with E-state index in [9.17, 15) is 4.79 Å².